The summed E-state index contributed by atoms with van der Waals surface area (Å²) in [5.41, 5.74) is 0. The quantitative estimate of drug-likeness (QED) is 0.587. The summed E-state index contributed by atoms with van der Waals surface area (Å²) in [6.45, 7) is 0. The average Bonchev–Trinajstić information content (AvgIpc) is 2.77. The third-order valence-electron chi connectivity index (χ3n) is 2.77. The molecule has 0 bridgehead atoms. The second-order valence-electron chi connectivity index (χ2n) is 3.75. The minimum absolute atomic E-state index is 0.992. The van der Waals surface area contributed by atoms with Gasteiger partial charge in [0.15, 0.2) is 12.2 Å². The van der Waals surface area contributed by atoms with Crippen LogP contribution in [0.4, 0.5) is 0 Å². The molecule has 0 spiro atoms. The minimum Gasteiger partial charge on any atom is -0.481 e. The fourth-order valence-electron chi connectivity index (χ4n) is 1.91. The second-order valence-corrected chi connectivity index (χ2v) is 3.75. The maximum absolute atomic E-state index is 11.4. The van der Waals surface area contributed by atoms with E-state index in [-0.39, 0.29) is 0 Å². The summed E-state index contributed by atoms with van der Waals surface area (Å²) >= 11 is 0. The topological polar surface area (TPSA) is 136 Å². The zero-order chi connectivity index (χ0) is 14.7. The van der Waals surface area contributed by atoms with E-state index in [9.17, 15) is 19.2 Å². The number of rotatable bonds is 4. The molecule has 106 valence electrons. The van der Waals surface area contributed by atoms with Gasteiger partial charge in [-0.25, -0.2) is 9.59 Å². The highest BCUT2D eigenvalue weighted by Gasteiger charge is 2.58. The largest absolute Gasteiger partial charge is 0.481 e. The van der Waals surface area contributed by atoms with Crippen molar-refractivity contribution in [3.05, 3.63) is 0 Å². The lowest BCUT2D eigenvalue weighted by Crippen LogP contribution is -2.39. The number of aliphatic carboxylic acids is 2. The van der Waals surface area contributed by atoms with Crippen LogP contribution in [-0.2, 0) is 33.4 Å². The normalized spacial score (nSPS) is 29.6. The van der Waals surface area contributed by atoms with E-state index in [4.69, 9.17) is 14.9 Å². The zero-order valence-corrected chi connectivity index (χ0v) is 10.1. The molecule has 0 aliphatic carbocycles. The van der Waals surface area contributed by atoms with E-state index in [0.717, 1.165) is 14.2 Å². The van der Waals surface area contributed by atoms with Crippen LogP contribution in [0.2, 0.25) is 0 Å². The van der Waals surface area contributed by atoms with Gasteiger partial charge in [0, 0.05) is 0 Å². The van der Waals surface area contributed by atoms with Crippen LogP contribution in [0.25, 0.3) is 0 Å². The molecule has 0 saturated carbocycles. The lowest BCUT2D eigenvalue weighted by Gasteiger charge is -2.14. The summed E-state index contributed by atoms with van der Waals surface area (Å²) in [6.07, 6.45) is -3.35. The van der Waals surface area contributed by atoms with Crippen LogP contribution in [0.1, 0.15) is 0 Å². The molecular weight excluding hydrogens is 264 g/mol. The first-order valence-corrected chi connectivity index (χ1v) is 5.11. The first-order valence-electron chi connectivity index (χ1n) is 5.11. The number of methoxy groups -OCH3 is 2. The monoisotopic (exact) mass is 276 g/mol. The molecule has 0 aromatic rings. The molecule has 1 aliphatic rings. The van der Waals surface area contributed by atoms with E-state index in [1.54, 1.807) is 0 Å². The highest BCUT2D eigenvalue weighted by atomic mass is 16.6. The fourth-order valence-corrected chi connectivity index (χ4v) is 1.91. The van der Waals surface area contributed by atoms with Crippen molar-refractivity contribution in [3.8, 4) is 0 Å². The zero-order valence-electron chi connectivity index (χ0n) is 10.1. The third kappa shape index (κ3) is 2.65. The SMILES string of the molecule is COC(=O)[C@H]1O[C@@H](C(=O)OC)[C@H](C(=O)O)[C@@H]1C(=O)O. The van der Waals surface area contributed by atoms with Crippen molar-refractivity contribution < 1.29 is 43.6 Å². The molecule has 0 unspecified atom stereocenters. The van der Waals surface area contributed by atoms with Gasteiger partial charge < -0.3 is 24.4 Å². The Bertz CT molecular complexity index is 377. The Labute approximate surface area is 107 Å². The fraction of sp³-hybridized carbons (Fsp3) is 0.600. The Morgan fingerprint density at radius 1 is 0.842 bits per heavy atom. The molecule has 9 heteroatoms. The van der Waals surface area contributed by atoms with E-state index in [2.05, 4.69) is 9.47 Å². The lowest BCUT2D eigenvalue weighted by atomic mass is 9.87. The van der Waals surface area contributed by atoms with Gasteiger partial charge in [-0.15, -0.1) is 0 Å². The van der Waals surface area contributed by atoms with Gasteiger partial charge in [0.1, 0.15) is 11.8 Å². The highest BCUT2D eigenvalue weighted by molar-refractivity contribution is 5.93. The second kappa shape index (κ2) is 5.65. The van der Waals surface area contributed by atoms with Crippen molar-refractivity contribution in [2.24, 2.45) is 11.8 Å². The molecule has 1 aliphatic heterocycles. The molecule has 4 atom stereocenters. The predicted octanol–water partition coefficient (Wildman–Crippen LogP) is -1.50. The Balaban J connectivity index is 3.18. The molecule has 0 amide bonds. The number of hydrogen-bond donors (Lipinski definition) is 2. The van der Waals surface area contributed by atoms with Crippen molar-refractivity contribution in [1.82, 2.24) is 0 Å². The van der Waals surface area contributed by atoms with Gasteiger partial charge in [-0.3, -0.25) is 9.59 Å². The summed E-state index contributed by atoms with van der Waals surface area (Å²) < 4.78 is 13.6. The van der Waals surface area contributed by atoms with Crippen LogP contribution >= 0.6 is 0 Å². The average molecular weight is 276 g/mol. The number of carbonyl (C=O) groups excluding carboxylic acids is 2. The molecule has 1 saturated heterocycles. The number of carboxylic acid groups (broad SMARTS) is 2. The lowest BCUT2D eigenvalue weighted by molar-refractivity contribution is -0.166. The molecule has 2 N–H and O–H groups in total. The highest BCUT2D eigenvalue weighted by Crippen LogP contribution is 2.34. The number of carboxylic acids is 2. The maximum Gasteiger partial charge on any atom is 0.335 e. The number of hydrogen-bond acceptors (Lipinski definition) is 7. The van der Waals surface area contributed by atoms with Gasteiger partial charge in [0.05, 0.1) is 14.2 Å². The summed E-state index contributed by atoms with van der Waals surface area (Å²) in [4.78, 5) is 45.0. The summed E-state index contributed by atoms with van der Waals surface area (Å²) in [5.74, 6) is -8.73. The van der Waals surface area contributed by atoms with Gasteiger partial charge in [-0.2, -0.15) is 0 Å². The summed E-state index contributed by atoms with van der Waals surface area (Å²) in [5, 5.41) is 18.0. The van der Waals surface area contributed by atoms with Crippen LogP contribution < -0.4 is 0 Å². The van der Waals surface area contributed by atoms with Gasteiger partial charge in [0.25, 0.3) is 0 Å². The van der Waals surface area contributed by atoms with Crippen molar-refractivity contribution in [2.75, 3.05) is 14.2 Å². The Hall–Kier alpha value is -2.16. The van der Waals surface area contributed by atoms with Gasteiger partial charge >= 0.3 is 23.9 Å². The Kier molecular flexibility index (Phi) is 4.43. The van der Waals surface area contributed by atoms with Gasteiger partial charge in [-0.05, 0) is 0 Å². The van der Waals surface area contributed by atoms with Crippen molar-refractivity contribution in [1.29, 1.82) is 0 Å². The number of esters is 2. The molecule has 0 aromatic heterocycles. The summed E-state index contributed by atoms with van der Waals surface area (Å²) in [7, 11) is 1.98. The predicted molar refractivity (Wildman–Crippen MR) is 54.9 cm³/mol. The smallest absolute Gasteiger partial charge is 0.335 e. The molecule has 1 rings (SSSR count). The van der Waals surface area contributed by atoms with E-state index in [1.165, 1.54) is 0 Å². The van der Waals surface area contributed by atoms with Crippen LogP contribution in [0.3, 0.4) is 0 Å². The van der Waals surface area contributed by atoms with Crippen molar-refractivity contribution in [3.63, 3.8) is 0 Å². The third-order valence-corrected chi connectivity index (χ3v) is 2.77. The van der Waals surface area contributed by atoms with Crippen molar-refractivity contribution in [2.45, 2.75) is 12.2 Å². The minimum atomic E-state index is -1.73. The first-order chi connectivity index (χ1) is 8.84. The van der Waals surface area contributed by atoms with Crippen molar-refractivity contribution >= 4 is 23.9 Å². The molecule has 0 radical (unpaired) electrons. The Morgan fingerprint density at radius 3 is 1.37 bits per heavy atom. The first kappa shape index (κ1) is 14.9. The molecule has 19 heavy (non-hydrogen) atoms. The number of ether oxygens (including phenoxy) is 3. The molecule has 1 fully saturated rings. The van der Waals surface area contributed by atoms with Gasteiger partial charge in [0.2, 0.25) is 0 Å². The number of carbonyl (C=O) groups is 4. The maximum atomic E-state index is 11.4. The van der Waals surface area contributed by atoms with Crippen LogP contribution in [0.15, 0.2) is 0 Å². The van der Waals surface area contributed by atoms with E-state index >= 15 is 0 Å². The van der Waals surface area contributed by atoms with Crippen LogP contribution in [0, 0.1) is 11.8 Å². The van der Waals surface area contributed by atoms with Crippen LogP contribution in [-0.4, -0.2) is 60.5 Å². The standard InChI is InChI=1S/C10H12O9/c1-17-9(15)5-3(7(11)12)4(8(13)14)6(19-5)10(16)18-2/h3-6H,1-2H3,(H,11,12)(H,13,14)/t3-,4+,5-,6+. The van der Waals surface area contributed by atoms with E-state index < -0.39 is 47.9 Å². The van der Waals surface area contributed by atoms with E-state index in [0.29, 0.717) is 0 Å². The molecule has 1 heterocycles. The van der Waals surface area contributed by atoms with E-state index in [1.807, 2.05) is 0 Å². The molecule has 0 aromatic carbocycles. The van der Waals surface area contributed by atoms with Crippen LogP contribution in [0.5, 0.6) is 0 Å². The Morgan fingerprint density at radius 2 is 1.16 bits per heavy atom. The molecule has 9 nitrogen and oxygen atoms in total. The molecular formula is C10H12O9. The van der Waals surface area contributed by atoms with Gasteiger partial charge in [-0.1, -0.05) is 0 Å². The summed E-state index contributed by atoms with van der Waals surface area (Å²) in [6, 6.07) is 0.